The first-order chi connectivity index (χ1) is 6.65. The minimum Gasteiger partial charge on any atom is -0.348 e. The van der Waals surface area contributed by atoms with Crippen molar-refractivity contribution in [2.45, 2.75) is 13.0 Å². The predicted octanol–water partition coefficient (Wildman–Crippen LogP) is 2.70. The second-order valence-corrected chi connectivity index (χ2v) is 3.72. The van der Waals surface area contributed by atoms with Crippen LogP contribution in [0.2, 0.25) is 5.02 Å². The van der Waals surface area contributed by atoms with Crippen molar-refractivity contribution in [3.63, 3.8) is 0 Å². The monoisotopic (exact) mass is 231 g/mol. The normalized spacial score (nSPS) is 12.2. The molecule has 1 amide bonds. The van der Waals surface area contributed by atoms with Crippen LogP contribution in [0.5, 0.6) is 0 Å². The van der Waals surface area contributed by atoms with E-state index in [1.807, 2.05) is 6.92 Å². The Kier molecular flexibility index (Phi) is 4.23. The fourth-order valence-electron chi connectivity index (χ4n) is 0.985. The number of rotatable bonds is 3. The third-order valence-corrected chi connectivity index (χ3v) is 2.52. The third kappa shape index (κ3) is 2.89. The van der Waals surface area contributed by atoms with E-state index < -0.39 is 0 Å². The fraction of sp³-hybridized carbons (Fsp3) is 0.300. The largest absolute Gasteiger partial charge is 0.348 e. The molecule has 1 aromatic rings. The van der Waals surface area contributed by atoms with Crippen LogP contribution in [0.3, 0.4) is 0 Å². The summed E-state index contributed by atoms with van der Waals surface area (Å²) in [6.45, 7) is 1.84. The number of carbonyl (C=O) groups excluding carboxylic acids is 1. The lowest BCUT2D eigenvalue weighted by atomic mass is 10.2. The maximum Gasteiger partial charge on any atom is 0.253 e. The van der Waals surface area contributed by atoms with Gasteiger partial charge < -0.3 is 5.32 Å². The number of carbonyl (C=O) groups is 1. The number of halogens is 2. The van der Waals surface area contributed by atoms with E-state index in [0.717, 1.165) is 0 Å². The summed E-state index contributed by atoms with van der Waals surface area (Å²) in [6, 6.07) is 6.86. The van der Waals surface area contributed by atoms with Crippen LogP contribution in [0.1, 0.15) is 17.3 Å². The molecule has 0 aliphatic rings. The maximum atomic E-state index is 11.6. The number of hydrogen-bond acceptors (Lipinski definition) is 1. The van der Waals surface area contributed by atoms with Gasteiger partial charge in [0.25, 0.3) is 5.91 Å². The Bertz CT molecular complexity index is 328. The average molecular weight is 232 g/mol. The van der Waals surface area contributed by atoms with Crippen LogP contribution in [0.4, 0.5) is 0 Å². The molecule has 0 radical (unpaired) electrons. The van der Waals surface area contributed by atoms with Crippen molar-refractivity contribution in [3.05, 3.63) is 34.9 Å². The molecule has 0 spiro atoms. The Hall–Kier alpha value is -0.730. The van der Waals surface area contributed by atoms with E-state index in [4.69, 9.17) is 23.2 Å². The molecule has 1 aromatic carbocycles. The molecule has 1 N–H and O–H groups in total. The molecule has 76 valence electrons. The van der Waals surface area contributed by atoms with E-state index >= 15 is 0 Å². The molecule has 0 aromatic heterocycles. The third-order valence-electron chi connectivity index (χ3n) is 1.73. The van der Waals surface area contributed by atoms with Crippen molar-refractivity contribution in [1.29, 1.82) is 0 Å². The molecule has 4 heteroatoms. The van der Waals surface area contributed by atoms with Crippen molar-refractivity contribution >= 4 is 29.1 Å². The average Bonchev–Trinajstić information content (AvgIpc) is 2.18. The van der Waals surface area contributed by atoms with Gasteiger partial charge in [0.15, 0.2) is 0 Å². The van der Waals surface area contributed by atoms with Gasteiger partial charge in [-0.1, -0.05) is 23.7 Å². The van der Waals surface area contributed by atoms with Gasteiger partial charge >= 0.3 is 0 Å². The van der Waals surface area contributed by atoms with Crippen LogP contribution >= 0.6 is 23.2 Å². The smallest absolute Gasteiger partial charge is 0.253 e. The van der Waals surface area contributed by atoms with Crippen LogP contribution in [0, 0.1) is 0 Å². The van der Waals surface area contributed by atoms with Gasteiger partial charge in [0.1, 0.15) is 0 Å². The first kappa shape index (κ1) is 11.3. The standard InChI is InChI=1S/C10H11Cl2NO/c1-7(6-11)13-10(14)8-4-2-3-5-9(8)12/h2-5,7H,6H2,1H3,(H,13,14). The van der Waals surface area contributed by atoms with Gasteiger partial charge in [0, 0.05) is 11.9 Å². The minimum atomic E-state index is -0.191. The van der Waals surface area contributed by atoms with Gasteiger partial charge in [0.05, 0.1) is 10.6 Å². The molecular weight excluding hydrogens is 221 g/mol. The van der Waals surface area contributed by atoms with Crippen molar-refractivity contribution in [2.24, 2.45) is 0 Å². The second kappa shape index (κ2) is 5.23. The van der Waals surface area contributed by atoms with E-state index in [-0.39, 0.29) is 11.9 Å². The molecule has 0 saturated heterocycles. The lowest BCUT2D eigenvalue weighted by Crippen LogP contribution is -2.33. The fourth-order valence-corrected chi connectivity index (χ4v) is 1.28. The van der Waals surface area contributed by atoms with Crippen molar-refractivity contribution in [2.75, 3.05) is 5.88 Å². The quantitative estimate of drug-likeness (QED) is 0.797. The Morgan fingerprint density at radius 2 is 2.14 bits per heavy atom. The summed E-state index contributed by atoms with van der Waals surface area (Å²) in [5, 5.41) is 3.18. The molecule has 0 saturated carbocycles. The van der Waals surface area contributed by atoms with E-state index in [9.17, 15) is 4.79 Å². The lowest BCUT2D eigenvalue weighted by molar-refractivity contribution is 0.0943. The minimum absolute atomic E-state index is 0.0551. The zero-order valence-electron chi connectivity index (χ0n) is 7.76. The molecule has 0 bridgehead atoms. The van der Waals surface area contributed by atoms with Gasteiger partial charge in [-0.3, -0.25) is 4.79 Å². The summed E-state index contributed by atoms with van der Waals surface area (Å²) in [7, 11) is 0. The second-order valence-electron chi connectivity index (χ2n) is 3.01. The van der Waals surface area contributed by atoms with Gasteiger partial charge in [-0.2, -0.15) is 0 Å². The van der Waals surface area contributed by atoms with E-state index in [0.29, 0.717) is 16.5 Å². The van der Waals surface area contributed by atoms with Crippen molar-refractivity contribution in [3.8, 4) is 0 Å². The van der Waals surface area contributed by atoms with Crippen molar-refractivity contribution < 1.29 is 4.79 Å². The summed E-state index contributed by atoms with van der Waals surface area (Å²) in [5.41, 5.74) is 0.478. The molecular formula is C10H11Cl2NO. The predicted molar refractivity (Wildman–Crippen MR) is 59.1 cm³/mol. The summed E-state index contributed by atoms with van der Waals surface area (Å²) >= 11 is 11.4. The number of amides is 1. The summed E-state index contributed by atoms with van der Waals surface area (Å²) in [6.07, 6.45) is 0. The molecule has 14 heavy (non-hydrogen) atoms. The first-order valence-corrected chi connectivity index (χ1v) is 5.17. The van der Waals surface area contributed by atoms with E-state index in [1.54, 1.807) is 24.3 Å². The van der Waals surface area contributed by atoms with Gasteiger partial charge in [0.2, 0.25) is 0 Å². The Balaban J connectivity index is 2.75. The number of nitrogens with one attached hydrogen (secondary N) is 1. The van der Waals surface area contributed by atoms with Gasteiger partial charge in [-0.15, -0.1) is 11.6 Å². The summed E-state index contributed by atoms with van der Waals surface area (Å²) < 4.78 is 0. The van der Waals surface area contributed by atoms with Crippen molar-refractivity contribution in [1.82, 2.24) is 5.32 Å². The van der Waals surface area contributed by atoms with Crippen LogP contribution < -0.4 is 5.32 Å². The molecule has 1 atom stereocenters. The highest BCUT2D eigenvalue weighted by Crippen LogP contribution is 2.14. The molecule has 0 heterocycles. The Labute approximate surface area is 93.2 Å². The topological polar surface area (TPSA) is 29.1 Å². The highest BCUT2D eigenvalue weighted by molar-refractivity contribution is 6.33. The van der Waals surface area contributed by atoms with Crippen LogP contribution in [0.25, 0.3) is 0 Å². The molecule has 0 aliphatic carbocycles. The highest BCUT2D eigenvalue weighted by atomic mass is 35.5. The van der Waals surface area contributed by atoms with Crippen LogP contribution in [-0.2, 0) is 0 Å². The molecule has 2 nitrogen and oxygen atoms in total. The molecule has 1 rings (SSSR count). The number of alkyl halides is 1. The summed E-state index contributed by atoms with van der Waals surface area (Å²) in [5.74, 6) is 0.194. The SMILES string of the molecule is CC(CCl)NC(=O)c1ccccc1Cl. The zero-order valence-corrected chi connectivity index (χ0v) is 9.27. The highest BCUT2D eigenvalue weighted by Gasteiger charge is 2.11. The van der Waals surface area contributed by atoms with E-state index in [1.165, 1.54) is 0 Å². The van der Waals surface area contributed by atoms with Gasteiger partial charge in [-0.05, 0) is 19.1 Å². The molecule has 0 aliphatic heterocycles. The number of benzene rings is 1. The van der Waals surface area contributed by atoms with Crippen LogP contribution in [-0.4, -0.2) is 17.8 Å². The first-order valence-electron chi connectivity index (χ1n) is 4.26. The summed E-state index contributed by atoms with van der Waals surface area (Å²) in [4.78, 5) is 11.6. The van der Waals surface area contributed by atoms with Crippen LogP contribution in [0.15, 0.2) is 24.3 Å². The molecule has 0 fully saturated rings. The number of hydrogen-bond donors (Lipinski definition) is 1. The maximum absolute atomic E-state index is 11.6. The Morgan fingerprint density at radius 1 is 1.50 bits per heavy atom. The van der Waals surface area contributed by atoms with E-state index in [2.05, 4.69) is 5.32 Å². The molecule has 1 unspecified atom stereocenters. The lowest BCUT2D eigenvalue weighted by Gasteiger charge is -2.10. The zero-order chi connectivity index (χ0) is 10.6. The Morgan fingerprint density at radius 3 is 2.71 bits per heavy atom. The van der Waals surface area contributed by atoms with Gasteiger partial charge in [-0.25, -0.2) is 0 Å².